The molecular weight excluding hydrogens is 454 g/mol. The van der Waals surface area contributed by atoms with Gasteiger partial charge < -0.3 is 20.1 Å². The fourth-order valence-electron chi connectivity index (χ4n) is 4.69. The zero-order chi connectivity index (χ0) is 25.2. The summed E-state index contributed by atoms with van der Waals surface area (Å²) < 4.78 is 1.37. The Morgan fingerprint density at radius 1 is 0.944 bits per heavy atom. The van der Waals surface area contributed by atoms with Gasteiger partial charge in [-0.2, -0.15) is 0 Å². The van der Waals surface area contributed by atoms with Gasteiger partial charge in [-0.1, -0.05) is 42.5 Å². The average molecular weight is 480 g/mol. The Balaban J connectivity index is 1.59. The highest BCUT2D eigenvalue weighted by atomic mass is 16.3. The summed E-state index contributed by atoms with van der Waals surface area (Å²) in [6, 6.07) is 21.0. The predicted octanol–water partition coefficient (Wildman–Crippen LogP) is 4.60. The van der Waals surface area contributed by atoms with Crippen LogP contribution >= 0.6 is 0 Å². The number of nitrogens with zero attached hydrogens (tertiary/aromatic N) is 2. The molecule has 0 aliphatic rings. The van der Waals surface area contributed by atoms with E-state index in [0.29, 0.717) is 23.0 Å². The van der Waals surface area contributed by atoms with Crippen LogP contribution in [0.15, 0.2) is 90.0 Å². The predicted molar refractivity (Wildman–Crippen MR) is 139 cm³/mol. The molecule has 2 aromatic heterocycles. The molecule has 0 radical (unpaired) electrons. The Hall–Kier alpha value is -4.49. The van der Waals surface area contributed by atoms with Crippen molar-refractivity contribution in [2.75, 3.05) is 0 Å². The maximum Gasteiger partial charge on any atom is 0.265 e. The molecule has 0 amide bonds. The Morgan fingerprint density at radius 2 is 1.64 bits per heavy atom. The molecule has 5 rings (SSSR count). The summed E-state index contributed by atoms with van der Waals surface area (Å²) in [5, 5.41) is 27.3. The number of rotatable bonds is 7. The van der Waals surface area contributed by atoms with Gasteiger partial charge in [-0.25, -0.2) is 0 Å². The molecule has 7 heteroatoms. The normalized spacial score (nSPS) is 12.1. The van der Waals surface area contributed by atoms with Crippen LogP contribution in [-0.2, 0) is 13.6 Å². The first-order chi connectivity index (χ1) is 17.5. The fourth-order valence-corrected chi connectivity index (χ4v) is 4.69. The molecular formula is C29H25N3O4. The van der Waals surface area contributed by atoms with E-state index < -0.39 is 17.4 Å². The van der Waals surface area contributed by atoms with E-state index in [1.54, 1.807) is 49.8 Å². The first-order valence-electron chi connectivity index (χ1n) is 11.6. The molecule has 2 heterocycles. The van der Waals surface area contributed by atoms with E-state index in [9.17, 15) is 19.8 Å². The number of aryl methyl sites for hydroxylation is 1. The standard InChI is InChI=1S/C29H25N3O4/c1-32-23-9-5-4-8-21(23)28(35)27(29(32)36)25(34)16-22(31-17-18-12-14-30-15-13-18)26-20-7-3-2-6-19(20)10-11-24(26)33/h2-15,22,31,33,35H,16-17H2,1H3. The molecule has 0 aliphatic carbocycles. The van der Waals surface area contributed by atoms with Gasteiger partial charge in [0.2, 0.25) is 0 Å². The third-order valence-corrected chi connectivity index (χ3v) is 6.54. The van der Waals surface area contributed by atoms with E-state index in [-0.39, 0.29) is 23.5 Å². The molecule has 0 saturated heterocycles. The van der Waals surface area contributed by atoms with Gasteiger partial charge >= 0.3 is 0 Å². The number of carbonyl (C=O) groups is 1. The minimum atomic E-state index is -0.632. The lowest BCUT2D eigenvalue weighted by atomic mass is 9.92. The number of fused-ring (bicyclic) bond motifs is 2. The number of aromatic nitrogens is 2. The number of carbonyl (C=O) groups excluding carboxylic acids is 1. The molecule has 0 fully saturated rings. The summed E-state index contributed by atoms with van der Waals surface area (Å²) in [6.45, 7) is 0.408. The molecule has 5 aromatic rings. The van der Waals surface area contributed by atoms with Crippen molar-refractivity contribution in [2.45, 2.75) is 19.0 Å². The van der Waals surface area contributed by atoms with Gasteiger partial charge in [-0.05, 0) is 46.7 Å². The number of benzene rings is 3. The van der Waals surface area contributed by atoms with Crippen molar-refractivity contribution in [1.29, 1.82) is 0 Å². The van der Waals surface area contributed by atoms with Crippen LogP contribution in [0.5, 0.6) is 11.5 Å². The third-order valence-electron chi connectivity index (χ3n) is 6.54. The van der Waals surface area contributed by atoms with E-state index in [1.165, 1.54) is 4.57 Å². The lowest BCUT2D eigenvalue weighted by Gasteiger charge is -2.22. The van der Waals surface area contributed by atoms with E-state index >= 15 is 0 Å². The highest BCUT2D eigenvalue weighted by molar-refractivity contribution is 6.04. The van der Waals surface area contributed by atoms with Crippen LogP contribution < -0.4 is 10.9 Å². The van der Waals surface area contributed by atoms with Crippen molar-refractivity contribution in [3.05, 3.63) is 112 Å². The third kappa shape index (κ3) is 4.21. The molecule has 1 unspecified atom stereocenters. The maximum atomic E-state index is 13.6. The van der Waals surface area contributed by atoms with Crippen LogP contribution in [0.4, 0.5) is 0 Å². The first kappa shape index (κ1) is 23.3. The smallest absolute Gasteiger partial charge is 0.265 e. The van der Waals surface area contributed by atoms with E-state index in [4.69, 9.17) is 0 Å². The summed E-state index contributed by atoms with van der Waals surface area (Å²) in [5.74, 6) is -0.795. The number of hydrogen-bond donors (Lipinski definition) is 3. The molecule has 1 atom stereocenters. The monoisotopic (exact) mass is 479 g/mol. The van der Waals surface area contributed by atoms with Gasteiger partial charge in [0.05, 0.1) is 5.52 Å². The average Bonchev–Trinajstić information content (AvgIpc) is 2.90. The topological polar surface area (TPSA) is 104 Å². The van der Waals surface area contributed by atoms with Crippen LogP contribution in [0.2, 0.25) is 0 Å². The Bertz CT molecular complexity index is 1640. The molecule has 7 nitrogen and oxygen atoms in total. The van der Waals surface area contributed by atoms with Crippen molar-refractivity contribution in [3.8, 4) is 11.5 Å². The Kier molecular flexibility index (Phi) is 6.23. The molecule has 0 aliphatic heterocycles. The lowest BCUT2D eigenvalue weighted by Crippen LogP contribution is -2.29. The second-order valence-corrected chi connectivity index (χ2v) is 8.74. The minimum absolute atomic E-state index is 0.0457. The van der Waals surface area contributed by atoms with Crippen molar-refractivity contribution in [2.24, 2.45) is 7.05 Å². The second kappa shape index (κ2) is 9.64. The molecule has 0 spiro atoms. The minimum Gasteiger partial charge on any atom is -0.508 e. The van der Waals surface area contributed by atoms with Gasteiger partial charge in [-0.3, -0.25) is 14.6 Å². The number of Topliss-reactive ketones (excluding diaryl/α,β-unsaturated/α-hetero) is 1. The van der Waals surface area contributed by atoms with Crippen molar-refractivity contribution >= 4 is 27.5 Å². The van der Waals surface area contributed by atoms with Gasteiger partial charge in [0, 0.05) is 49.4 Å². The van der Waals surface area contributed by atoms with Gasteiger partial charge in [0.25, 0.3) is 5.56 Å². The highest BCUT2D eigenvalue weighted by Gasteiger charge is 2.27. The van der Waals surface area contributed by atoms with E-state index in [0.717, 1.165) is 16.3 Å². The summed E-state index contributed by atoms with van der Waals surface area (Å²) in [6.07, 6.45) is 3.22. The number of hydrogen-bond acceptors (Lipinski definition) is 6. The number of nitrogens with one attached hydrogen (secondary N) is 1. The molecule has 180 valence electrons. The summed E-state index contributed by atoms with van der Waals surface area (Å²) in [4.78, 5) is 30.8. The fraction of sp³-hybridized carbons (Fsp3) is 0.138. The van der Waals surface area contributed by atoms with Gasteiger partial charge in [0.15, 0.2) is 5.78 Å². The Labute approximate surface area is 207 Å². The number of ketones is 1. The van der Waals surface area contributed by atoms with Crippen molar-refractivity contribution in [3.63, 3.8) is 0 Å². The summed E-state index contributed by atoms with van der Waals surface area (Å²) in [5.41, 5.74) is 1.23. The highest BCUT2D eigenvalue weighted by Crippen LogP contribution is 2.36. The van der Waals surface area contributed by atoms with Crippen molar-refractivity contribution < 1.29 is 15.0 Å². The number of aromatic hydroxyl groups is 2. The second-order valence-electron chi connectivity index (χ2n) is 8.74. The number of phenolic OH excluding ortho intramolecular Hbond substituents is 1. The zero-order valence-corrected chi connectivity index (χ0v) is 19.7. The first-order valence-corrected chi connectivity index (χ1v) is 11.6. The van der Waals surface area contributed by atoms with Crippen molar-refractivity contribution in [1.82, 2.24) is 14.9 Å². The van der Waals surface area contributed by atoms with Gasteiger partial charge in [0.1, 0.15) is 17.1 Å². The quantitative estimate of drug-likeness (QED) is 0.295. The van der Waals surface area contributed by atoms with E-state index in [1.807, 2.05) is 42.5 Å². The Morgan fingerprint density at radius 3 is 2.42 bits per heavy atom. The maximum absolute atomic E-state index is 13.6. The van der Waals surface area contributed by atoms with Crippen LogP contribution in [0, 0.1) is 0 Å². The lowest BCUT2D eigenvalue weighted by molar-refractivity contribution is 0.0964. The molecule has 0 saturated carbocycles. The van der Waals surface area contributed by atoms with Crippen LogP contribution in [0.3, 0.4) is 0 Å². The summed E-state index contributed by atoms with van der Waals surface area (Å²) in [7, 11) is 1.58. The molecule has 0 bridgehead atoms. The number of pyridine rings is 2. The van der Waals surface area contributed by atoms with Crippen LogP contribution in [0.25, 0.3) is 21.7 Å². The molecule has 36 heavy (non-hydrogen) atoms. The van der Waals surface area contributed by atoms with Gasteiger partial charge in [-0.15, -0.1) is 0 Å². The molecule has 3 N–H and O–H groups in total. The summed E-state index contributed by atoms with van der Waals surface area (Å²) >= 11 is 0. The largest absolute Gasteiger partial charge is 0.508 e. The zero-order valence-electron chi connectivity index (χ0n) is 19.7. The van der Waals surface area contributed by atoms with Crippen LogP contribution in [0.1, 0.15) is 33.9 Å². The van der Waals surface area contributed by atoms with E-state index in [2.05, 4.69) is 10.3 Å². The van der Waals surface area contributed by atoms with Crippen LogP contribution in [-0.4, -0.2) is 25.5 Å². The number of phenols is 1. The number of para-hydroxylation sites is 1. The SMILES string of the molecule is Cn1c(=O)c(C(=O)CC(NCc2ccncc2)c2c(O)ccc3ccccc23)c(O)c2ccccc21. The molecule has 3 aromatic carbocycles.